The molecular weight excluding hydrogens is 577 g/mol. The van der Waals surface area contributed by atoms with Gasteiger partial charge in [0.25, 0.3) is 0 Å². The maximum absolute atomic E-state index is 12.9. The lowest BCUT2D eigenvalue weighted by Crippen LogP contribution is -2.11. The maximum Gasteiger partial charge on any atom is 0.248 e. The minimum absolute atomic E-state index is 0.224. The van der Waals surface area contributed by atoms with Crippen LogP contribution in [-0.4, -0.2) is 40.1 Å². The van der Waals surface area contributed by atoms with Gasteiger partial charge in [0, 0.05) is 11.1 Å². The van der Waals surface area contributed by atoms with Gasteiger partial charge in [-0.3, -0.25) is 9.59 Å². The highest BCUT2D eigenvalue weighted by atomic mass is 127. The molecule has 1 amide bonds. The molecule has 0 saturated carbocycles. The summed E-state index contributed by atoms with van der Waals surface area (Å²) in [6.07, 6.45) is 3.15. The SMILES string of the molecule is COc1cc(C=CC(=O)c2cc(OC)c(OC)c(OC)c2)cc(I)c1OCc1cccc(C(N)=O)c1. The van der Waals surface area contributed by atoms with E-state index < -0.39 is 5.91 Å². The highest BCUT2D eigenvalue weighted by Gasteiger charge is 2.16. The Balaban J connectivity index is 1.81. The van der Waals surface area contributed by atoms with Crippen LogP contribution in [0, 0.1) is 3.57 Å². The summed E-state index contributed by atoms with van der Waals surface area (Å²) in [5.74, 6) is 1.53. The molecular formula is C27H26INO7. The van der Waals surface area contributed by atoms with Crippen molar-refractivity contribution in [1.29, 1.82) is 0 Å². The van der Waals surface area contributed by atoms with E-state index in [9.17, 15) is 9.59 Å². The van der Waals surface area contributed by atoms with Gasteiger partial charge < -0.3 is 29.4 Å². The topological polar surface area (TPSA) is 106 Å². The van der Waals surface area contributed by atoms with Gasteiger partial charge in [0.2, 0.25) is 11.7 Å². The lowest BCUT2D eigenvalue weighted by Gasteiger charge is -2.14. The molecule has 0 radical (unpaired) electrons. The zero-order valence-electron chi connectivity index (χ0n) is 20.3. The van der Waals surface area contributed by atoms with Crippen LogP contribution < -0.4 is 29.4 Å². The van der Waals surface area contributed by atoms with Gasteiger partial charge in [-0.15, -0.1) is 0 Å². The Morgan fingerprint density at radius 2 is 1.47 bits per heavy atom. The molecule has 8 nitrogen and oxygen atoms in total. The van der Waals surface area contributed by atoms with Crippen molar-refractivity contribution >= 4 is 40.4 Å². The van der Waals surface area contributed by atoms with Gasteiger partial charge in [0.05, 0.1) is 32.0 Å². The number of methoxy groups -OCH3 is 4. The van der Waals surface area contributed by atoms with Gasteiger partial charge in [-0.05, 0) is 76.2 Å². The second kappa shape index (κ2) is 12.3. The standard InChI is InChI=1S/C27H26INO7/c1-32-22-12-16(8-9-21(30)19-13-23(33-2)26(35-4)24(14-19)34-3)11-20(28)25(22)36-15-17-6-5-7-18(10-17)27(29)31/h5-14H,15H2,1-4H3,(H2,29,31). The predicted molar refractivity (Wildman–Crippen MR) is 144 cm³/mol. The minimum atomic E-state index is -0.499. The predicted octanol–water partition coefficient (Wildman–Crippen LogP) is 4.90. The molecule has 9 heteroatoms. The van der Waals surface area contributed by atoms with Crippen molar-refractivity contribution in [2.24, 2.45) is 5.73 Å². The molecule has 3 rings (SSSR count). The number of amides is 1. The fourth-order valence-electron chi connectivity index (χ4n) is 3.44. The van der Waals surface area contributed by atoms with E-state index in [-0.39, 0.29) is 12.4 Å². The molecule has 0 aliphatic rings. The number of ketones is 1. The number of nitrogens with two attached hydrogens (primary N) is 1. The minimum Gasteiger partial charge on any atom is -0.493 e. The van der Waals surface area contributed by atoms with Gasteiger partial charge in [-0.25, -0.2) is 0 Å². The van der Waals surface area contributed by atoms with Gasteiger partial charge in [0.1, 0.15) is 6.61 Å². The number of hydrogen-bond donors (Lipinski definition) is 1. The highest BCUT2D eigenvalue weighted by Crippen LogP contribution is 2.38. The van der Waals surface area contributed by atoms with Crippen LogP contribution in [0.25, 0.3) is 6.08 Å². The van der Waals surface area contributed by atoms with Crippen LogP contribution in [0.4, 0.5) is 0 Å². The summed E-state index contributed by atoms with van der Waals surface area (Å²) < 4.78 is 28.3. The van der Waals surface area contributed by atoms with Gasteiger partial charge >= 0.3 is 0 Å². The first-order valence-electron chi connectivity index (χ1n) is 10.7. The first-order valence-corrected chi connectivity index (χ1v) is 11.8. The monoisotopic (exact) mass is 603 g/mol. The van der Waals surface area contributed by atoms with E-state index >= 15 is 0 Å². The zero-order chi connectivity index (χ0) is 26.2. The molecule has 3 aromatic rings. The molecule has 3 aromatic carbocycles. The van der Waals surface area contributed by atoms with E-state index in [4.69, 9.17) is 29.4 Å². The average Bonchev–Trinajstić information content (AvgIpc) is 2.89. The van der Waals surface area contributed by atoms with E-state index in [1.165, 1.54) is 27.4 Å². The second-order valence-electron chi connectivity index (χ2n) is 7.50. The van der Waals surface area contributed by atoms with Crippen molar-refractivity contribution in [3.63, 3.8) is 0 Å². The molecule has 0 saturated heterocycles. The van der Waals surface area contributed by atoms with Crippen molar-refractivity contribution in [3.05, 3.63) is 80.4 Å². The number of rotatable bonds is 11. The van der Waals surface area contributed by atoms with Gasteiger partial charge in [-0.2, -0.15) is 0 Å². The average molecular weight is 603 g/mol. The summed E-state index contributed by atoms with van der Waals surface area (Å²) in [6, 6.07) is 13.8. The van der Waals surface area contributed by atoms with E-state index in [1.807, 2.05) is 12.1 Å². The van der Waals surface area contributed by atoms with Crippen LogP contribution >= 0.6 is 22.6 Å². The molecule has 0 atom stereocenters. The molecule has 0 aromatic heterocycles. The third kappa shape index (κ3) is 6.28. The second-order valence-corrected chi connectivity index (χ2v) is 8.66. The number of allylic oxidation sites excluding steroid dienone is 1. The molecule has 0 unspecified atom stereocenters. The Morgan fingerprint density at radius 3 is 2.06 bits per heavy atom. The molecule has 0 aliphatic heterocycles. The van der Waals surface area contributed by atoms with Crippen LogP contribution in [-0.2, 0) is 6.61 Å². The maximum atomic E-state index is 12.9. The molecule has 0 spiro atoms. The molecule has 188 valence electrons. The van der Waals surface area contributed by atoms with Gasteiger partial charge in [0.15, 0.2) is 28.8 Å². The number of primary amides is 1. The number of carbonyl (C=O) groups is 2. The van der Waals surface area contributed by atoms with Crippen molar-refractivity contribution in [2.75, 3.05) is 28.4 Å². The molecule has 2 N–H and O–H groups in total. The largest absolute Gasteiger partial charge is 0.493 e. The third-order valence-electron chi connectivity index (χ3n) is 5.22. The fraction of sp³-hybridized carbons (Fsp3) is 0.185. The summed E-state index contributed by atoms with van der Waals surface area (Å²) in [7, 11) is 6.03. The van der Waals surface area contributed by atoms with Crippen molar-refractivity contribution in [3.8, 4) is 28.7 Å². The zero-order valence-corrected chi connectivity index (χ0v) is 22.5. The lowest BCUT2D eigenvalue weighted by molar-refractivity contribution is 0.0998. The molecule has 36 heavy (non-hydrogen) atoms. The van der Waals surface area contributed by atoms with Gasteiger partial charge in [-0.1, -0.05) is 18.2 Å². The Labute approximate surface area is 223 Å². The summed E-state index contributed by atoms with van der Waals surface area (Å²) in [5, 5.41) is 0. The number of carbonyl (C=O) groups excluding carboxylic acids is 2. The van der Waals surface area contributed by atoms with Crippen LogP contribution in [0.2, 0.25) is 0 Å². The molecule has 0 aliphatic carbocycles. The molecule has 0 heterocycles. The van der Waals surface area contributed by atoms with E-state index in [1.54, 1.807) is 49.6 Å². The summed E-state index contributed by atoms with van der Waals surface area (Å²) >= 11 is 2.15. The Kier molecular flexibility index (Phi) is 9.18. The van der Waals surface area contributed by atoms with Crippen LogP contribution in [0.1, 0.15) is 31.8 Å². The fourth-order valence-corrected chi connectivity index (χ4v) is 4.22. The molecule has 0 fully saturated rings. The van der Waals surface area contributed by atoms with Crippen LogP contribution in [0.5, 0.6) is 28.7 Å². The van der Waals surface area contributed by atoms with E-state index in [2.05, 4.69) is 22.6 Å². The number of ether oxygens (including phenoxy) is 5. The summed E-state index contributed by atoms with van der Waals surface area (Å²) in [4.78, 5) is 24.3. The smallest absolute Gasteiger partial charge is 0.248 e. The van der Waals surface area contributed by atoms with Crippen LogP contribution in [0.3, 0.4) is 0 Å². The van der Waals surface area contributed by atoms with E-state index in [0.29, 0.717) is 39.9 Å². The summed E-state index contributed by atoms with van der Waals surface area (Å²) in [5.41, 5.74) is 7.70. The highest BCUT2D eigenvalue weighted by molar-refractivity contribution is 14.1. The lowest BCUT2D eigenvalue weighted by atomic mass is 10.1. The van der Waals surface area contributed by atoms with Crippen molar-refractivity contribution in [2.45, 2.75) is 6.61 Å². The first-order chi connectivity index (χ1) is 17.3. The van der Waals surface area contributed by atoms with Crippen molar-refractivity contribution < 1.29 is 33.3 Å². The van der Waals surface area contributed by atoms with Crippen LogP contribution in [0.15, 0.2) is 54.6 Å². The summed E-state index contributed by atoms with van der Waals surface area (Å²) in [6.45, 7) is 0.224. The third-order valence-corrected chi connectivity index (χ3v) is 6.02. The Bertz CT molecular complexity index is 1280. The van der Waals surface area contributed by atoms with E-state index in [0.717, 1.165) is 14.7 Å². The van der Waals surface area contributed by atoms with Crippen molar-refractivity contribution in [1.82, 2.24) is 0 Å². The number of benzene rings is 3. The number of halogens is 1. The Hall–Kier alpha value is -3.73. The quantitative estimate of drug-likeness (QED) is 0.189. The Morgan fingerprint density at radius 1 is 0.833 bits per heavy atom. The number of hydrogen-bond acceptors (Lipinski definition) is 7. The molecule has 0 bridgehead atoms. The first kappa shape index (κ1) is 26.9. The normalized spacial score (nSPS) is 10.7.